The number of hydrogen-bond acceptors (Lipinski definition) is 6. The first kappa shape index (κ1) is 29.9. The number of hydrogen-bond donors (Lipinski definition) is 1. The molecule has 5 fully saturated rings. The van der Waals surface area contributed by atoms with Crippen molar-refractivity contribution in [2.24, 2.45) is 46.3 Å². The van der Waals surface area contributed by atoms with Gasteiger partial charge in [-0.05, 0) is 105 Å². The summed E-state index contributed by atoms with van der Waals surface area (Å²) in [6.07, 6.45) is 7.75. The smallest absolute Gasteiger partial charge is 0.338 e. The number of ether oxygens (including phenoxy) is 3. The minimum atomic E-state index is -1.21. The zero-order valence-corrected chi connectivity index (χ0v) is 26.1. The molecule has 6 heteroatoms. The van der Waals surface area contributed by atoms with E-state index in [1.807, 2.05) is 37.3 Å². The van der Waals surface area contributed by atoms with Gasteiger partial charge in [-0.25, -0.2) is 4.79 Å². The number of carbonyl (C=O) groups excluding carboxylic acids is 2. The van der Waals surface area contributed by atoms with Crippen LogP contribution in [0.2, 0.25) is 0 Å². The zero-order valence-electron chi connectivity index (χ0n) is 26.1. The summed E-state index contributed by atoms with van der Waals surface area (Å²) in [5, 5.41) is 12.3. The van der Waals surface area contributed by atoms with Gasteiger partial charge in [-0.3, -0.25) is 4.79 Å². The molecular formula is C36H50O6. The Morgan fingerprint density at radius 3 is 2.48 bits per heavy atom. The van der Waals surface area contributed by atoms with E-state index in [2.05, 4.69) is 27.4 Å². The monoisotopic (exact) mass is 578 g/mol. The number of rotatable bonds is 6. The zero-order chi connectivity index (χ0) is 30.0. The average molecular weight is 579 g/mol. The lowest BCUT2D eigenvalue weighted by Gasteiger charge is -2.62. The molecular weight excluding hydrogens is 528 g/mol. The molecule has 1 aromatic rings. The summed E-state index contributed by atoms with van der Waals surface area (Å²) in [5.41, 5.74) is 1.38. The highest BCUT2D eigenvalue weighted by Gasteiger charge is 2.74. The van der Waals surface area contributed by atoms with Crippen LogP contribution in [0.15, 0.2) is 42.5 Å². The predicted octanol–water partition coefficient (Wildman–Crippen LogP) is 7.10. The first-order valence-corrected chi connectivity index (χ1v) is 16.3. The molecule has 4 saturated carbocycles. The average Bonchev–Trinajstić information content (AvgIpc) is 3.34. The van der Waals surface area contributed by atoms with Crippen LogP contribution in [0.1, 0.15) is 103 Å². The van der Waals surface area contributed by atoms with Gasteiger partial charge >= 0.3 is 11.9 Å². The molecule has 1 unspecified atom stereocenters. The molecule has 1 N–H and O–H groups in total. The third-order valence-electron chi connectivity index (χ3n) is 12.8. The van der Waals surface area contributed by atoms with E-state index in [0.29, 0.717) is 29.7 Å². The van der Waals surface area contributed by atoms with Crippen molar-refractivity contribution >= 4 is 11.9 Å². The third-order valence-corrected chi connectivity index (χ3v) is 12.8. The molecule has 12 atom stereocenters. The molecule has 0 amide bonds. The highest BCUT2D eigenvalue weighted by atomic mass is 16.6. The van der Waals surface area contributed by atoms with Crippen molar-refractivity contribution in [3.63, 3.8) is 0 Å². The molecule has 6 nitrogen and oxygen atoms in total. The van der Waals surface area contributed by atoms with Crippen LogP contribution >= 0.6 is 0 Å². The minimum Gasteiger partial charge on any atom is -0.463 e. The highest BCUT2D eigenvalue weighted by molar-refractivity contribution is 5.89. The van der Waals surface area contributed by atoms with Crippen molar-refractivity contribution in [3.05, 3.63) is 48.0 Å². The van der Waals surface area contributed by atoms with Crippen LogP contribution in [0, 0.1) is 46.3 Å². The van der Waals surface area contributed by atoms with Crippen molar-refractivity contribution in [2.45, 2.75) is 117 Å². The second kappa shape index (κ2) is 10.8. The summed E-state index contributed by atoms with van der Waals surface area (Å²) in [6.45, 7) is 14.6. The topological polar surface area (TPSA) is 82.1 Å². The molecule has 6 rings (SSSR count). The molecule has 4 aliphatic carbocycles. The lowest BCUT2D eigenvalue weighted by atomic mass is 9.43. The number of benzene rings is 1. The van der Waals surface area contributed by atoms with Gasteiger partial charge in [0.05, 0.1) is 11.7 Å². The number of aliphatic hydroxyl groups is 1. The first-order chi connectivity index (χ1) is 19.9. The van der Waals surface area contributed by atoms with Crippen LogP contribution < -0.4 is 0 Å². The quantitative estimate of drug-likeness (QED) is 0.286. The molecule has 1 saturated heterocycles. The van der Waals surface area contributed by atoms with Crippen LogP contribution in [-0.4, -0.2) is 41.1 Å². The Bertz CT molecular complexity index is 1210. The van der Waals surface area contributed by atoms with E-state index in [4.69, 9.17) is 14.2 Å². The van der Waals surface area contributed by atoms with E-state index in [0.717, 1.165) is 56.9 Å². The molecule has 230 valence electrons. The summed E-state index contributed by atoms with van der Waals surface area (Å²) in [7, 11) is 0. The van der Waals surface area contributed by atoms with Crippen molar-refractivity contribution in [1.82, 2.24) is 0 Å². The molecule has 5 aliphatic rings. The summed E-state index contributed by atoms with van der Waals surface area (Å²) >= 11 is 0. The Labute approximate surface area is 251 Å². The van der Waals surface area contributed by atoms with Gasteiger partial charge in [-0.2, -0.15) is 0 Å². The Kier molecular flexibility index (Phi) is 7.66. The number of allylic oxidation sites excluding steroid dienone is 1. The van der Waals surface area contributed by atoms with E-state index in [1.165, 1.54) is 6.92 Å². The number of esters is 2. The number of fused-ring (bicyclic) bond motifs is 7. The summed E-state index contributed by atoms with van der Waals surface area (Å²) in [6, 6.07) is 9.30. The predicted molar refractivity (Wildman–Crippen MR) is 160 cm³/mol. The summed E-state index contributed by atoms with van der Waals surface area (Å²) in [4.78, 5) is 25.4. The van der Waals surface area contributed by atoms with E-state index in [1.54, 1.807) is 0 Å². The Morgan fingerprint density at radius 2 is 1.79 bits per heavy atom. The Balaban J connectivity index is 1.34. The molecule has 0 bridgehead atoms. The van der Waals surface area contributed by atoms with Gasteiger partial charge in [0.2, 0.25) is 0 Å². The second-order valence-corrected chi connectivity index (χ2v) is 15.1. The van der Waals surface area contributed by atoms with Gasteiger partial charge in [-0.1, -0.05) is 44.5 Å². The van der Waals surface area contributed by atoms with Gasteiger partial charge in [0.15, 0.2) is 5.79 Å². The minimum absolute atomic E-state index is 0.00498. The highest BCUT2D eigenvalue weighted by Crippen LogP contribution is 2.72. The van der Waals surface area contributed by atoms with Gasteiger partial charge in [0.25, 0.3) is 0 Å². The van der Waals surface area contributed by atoms with E-state index in [-0.39, 0.29) is 53.4 Å². The molecule has 1 aromatic carbocycles. The summed E-state index contributed by atoms with van der Waals surface area (Å²) < 4.78 is 18.9. The van der Waals surface area contributed by atoms with Crippen molar-refractivity contribution < 1.29 is 28.9 Å². The lowest BCUT2D eigenvalue weighted by Crippen LogP contribution is -2.60. The summed E-state index contributed by atoms with van der Waals surface area (Å²) in [5.74, 6) is -0.169. The van der Waals surface area contributed by atoms with E-state index in [9.17, 15) is 14.7 Å². The fourth-order valence-corrected chi connectivity index (χ4v) is 10.9. The Morgan fingerprint density at radius 1 is 1.05 bits per heavy atom. The van der Waals surface area contributed by atoms with Gasteiger partial charge in [-0.15, -0.1) is 6.58 Å². The molecule has 1 heterocycles. The van der Waals surface area contributed by atoms with Crippen LogP contribution in [0.3, 0.4) is 0 Å². The van der Waals surface area contributed by atoms with Crippen LogP contribution in [0.5, 0.6) is 0 Å². The molecule has 1 aliphatic heterocycles. The first-order valence-electron chi connectivity index (χ1n) is 16.3. The molecule has 0 radical (unpaired) electrons. The van der Waals surface area contributed by atoms with Gasteiger partial charge in [0, 0.05) is 24.7 Å². The maximum atomic E-state index is 13.6. The Hall–Kier alpha value is -2.18. The third kappa shape index (κ3) is 4.76. The van der Waals surface area contributed by atoms with Crippen molar-refractivity contribution in [2.75, 3.05) is 0 Å². The number of carbonyl (C=O) groups is 2. The standard InChI is InChI=1S/C36H50O6/c1-21(2)12-15-30-22(3)32-35(6)29(20-36(32,39)42-30)27-14-13-25-18-26(40-23(4)37)16-17-34(25,5)28(27)19-31(35)41-33(38)24-10-8-7-9-11-24/h7-11,22,25-32,39H,1,12-20H2,2-6H3/t22-,25?,26+,27-,28+,29+,30-,31-,32-,34+,35-,36+/m1/s1. The molecule has 42 heavy (non-hydrogen) atoms. The lowest BCUT2D eigenvalue weighted by molar-refractivity contribution is -0.211. The van der Waals surface area contributed by atoms with Gasteiger partial charge in [0.1, 0.15) is 12.2 Å². The van der Waals surface area contributed by atoms with Crippen molar-refractivity contribution in [1.29, 1.82) is 0 Å². The second-order valence-electron chi connectivity index (χ2n) is 15.1. The van der Waals surface area contributed by atoms with Crippen LogP contribution in [0.4, 0.5) is 0 Å². The largest absolute Gasteiger partial charge is 0.463 e. The normalized spacial score (nSPS) is 45.6. The van der Waals surface area contributed by atoms with Crippen LogP contribution in [0.25, 0.3) is 0 Å². The maximum Gasteiger partial charge on any atom is 0.338 e. The van der Waals surface area contributed by atoms with E-state index >= 15 is 0 Å². The molecule has 0 spiro atoms. The SMILES string of the molecule is C=C(C)CC[C@H]1O[C@@]2(O)C[C@H]3[C@@H]4CCC5C[C@@H](OC(C)=O)CC[C@]5(C)[C@H]4C[C@@H](OC(=O)c4ccccc4)[C@]3(C)[C@H]2[C@@H]1C. The fraction of sp³-hybridized carbons (Fsp3) is 0.722. The maximum absolute atomic E-state index is 13.6. The molecule has 0 aromatic heterocycles. The van der Waals surface area contributed by atoms with Crippen LogP contribution in [-0.2, 0) is 19.0 Å². The van der Waals surface area contributed by atoms with Gasteiger partial charge < -0.3 is 19.3 Å². The van der Waals surface area contributed by atoms with Crippen molar-refractivity contribution in [3.8, 4) is 0 Å². The fourth-order valence-electron chi connectivity index (χ4n) is 10.9. The van der Waals surface area contributed by atoms with E-state index < -0.39 is 11.2 Å².